The van der Waals surface area contributed by atoms with Gasteiger partial charge < -0.3 is 5.32 Å². The first-order valence-corrected chi connectivity index (χ1v) is 7.42. The van der Waals surface area contributed by atoms with Crippen molar-refractivity contribution in [3.8, 4) is 0 Å². The first-order valence-electron chi connectivity index (χ1n) is 7.42. The van der Waals surface area contributed by atoms with Crippen molar-refractivity contribution >= 4 is 0 Å². The van der Waals surface area contributed by atoms with E-state index < -0.39 is 0 Å². The second-order valence-electron chi connectivity index (χ2n) is 5.83. The number of nitrogens with one attached hydrogen (secondary N) is 1. The molecule has 1 aliphatic rings. The molecular formula is C16H22N4. The predicted octanol–water partition coefficient (Wildman–Crippen LogP) is 1.97. The van der Waals surface area contributed by atoms with Crippen molar-refractivity contribution in [3.63, 3.8) is 0 Å². The zero-order valence-corrected chi connectivity index (χ0v) is 12.0. The molecule has 2 aromatic rings. The third-order valence-electron chi connectivity index (χ3n) is 3.79. The van der Waals surface area contributed by atoms with Crippen LogP contribution < -0.4 is 5.32 Å². The van der Waals surface area contributed by atoms with Crippen molar-refractivity contribution in [2.24, 2.45) is 13.0 Å². The molecule has 1 heterocycles. The molecule has 1 N–H and O–H groups in total. The number of aromatic nitrogens is 3. The molecule has 0 aliphatic heterocycles. The number of rotatable bonds is 7. The Balaban J connectivity index is 1.62. The number of hydrogen-bond acceptors (Lipinski definition) is 3. The fourth-order valence-corrected chi connectivity index (χ4v) is 2.57. The zero-order valence-electron chi connectivity index (χ0n) is 12.0. The molecule has 1 aliphatic carbocycles. The largest absolute Gasteiger partial charge is 0.314 e. The fourth-order valence-electron chi connectivity index (χ4n) is 2.57. The maximum Gasteiger partial charge on any atom is 0.0830 e. The third kappa shape index (κ3) is 3.90. The molecule has 1 atom stereocenters. The van der Waals surface area contributed by atoms with Crippen molar-refractivity contribution < 1.29 is 0 Å². The minimum absolute atomic E-state index is 0.578. The number of nitrogens with zero attached hydrogens (tertiary/aromatic N) is 3. The van der Waals surface area contributed by atoms with Crippen LogP contribution in [0.15, 0.2) is 36.5 Å². The van der Waals surface area contributed by atoms with Gasteiger partial charge in [0.1, 0.15) is 0 Å². The van der Waals surface area contributed by atoms with E-state index >= 15 is 0 Å². The van der Waals surface area contributed by atoms with Crippen LogP contribution >= 0.6 is 0 Å². The lowest BCUT2D eigenvalue weighted by Gasteiger charge is -2.16. The molecule has 106 valence electrons. The molecule has 0 bridgehead atoms. The lowest BCUT2D eigenvalue weighted by molar-refractivity contribution is 0.464. The molecule has 1 aromatic heterocycles. The highest BCUT2D eigenvalue weighted by Gasteiger charge is 2.22. The molecule has 0 spiro atoms. The lowest BCUT2D eigenvalue weighted by Crippen LogP contribution is -2.27. The van der Waals surface area contributed by atoms with Crippen LogP contribution in [0.2, 0.25) is 0 Å². The van der Waals surface area contributed by atoms with E-state index in [1.807, 2.05) is 13.2 Å². The summed E-state index contributed by atoms with van der Waals surface area (Å²) in [5, 5.41) is 11.9. The Bertz CT molecular complexity index is 530. The highest BCUT2D eigenvalue weighted by Crippen LogP contribution is 2.20. The monoisotopic (exact) mass is 270 g/mol. The second kappa shape index (κ2) is 6.18. The number of hydrogen-bond donors (Lipinski definition) is 1. The van der Waals surface area contributed by atoms with Crippen LogP contribution in [-0.2, 0) is 19.9 Å². The summed E-state index contributed by atoms with van der Waals surface area (Å²) < 4.78 is 1.78. The summed E-state index contributed by atoms with van der Waals surface area (Å²) in [6.45, 7) is 1.07. The van der Waals surface area contributed by atoms with E-state index in [0.29, 0.717) is 5.92 Å². The summed E-state index contributed by atoms with van der Waals surface area (Å²) >= 11 is 0. The van der Waals surface area contributed by atoms with Crippen molar-refractivity contribution in [2.45, 2.75) is 31.7 Å². The highest BCUT2D eigenvalue weighted by atomic mass is 15.4. The molecule has 1 fully saturated rings. The minimum atomic E-state index is 0.578. The molecule has 4 nitrogen and oxygen atoms in total. The Kier molecular flexibility index (Phi) is 4.11. The van der Waals surface area contributed by atoms with E-state index in [4.69, 9.17) is 0 Å². The maximum atomic E-state index is 4.23. The fraction of sp³-hybridized carbons (Fsp3) is 0.500. The molecule has 20 heavy (non-hydrogen) atoms. The average Bonchev–Trinajstić information content (AvgIpc) is 3.20. The highest BCUT2D eigenvalue weighted by molar-refractivity contribution is 5.16. The molecule has 1 aromatic carbocycles. The Morgan fingerprint density at radius 1 is 1.25 bits per heavy atom. The van der Waals surface area contributed by atoms with Gasteiger partial charge in [-0.15, -0.1) is 5.10 Å². The molecule has 4 heteroatoms. The van der Waals surface area contributed by atoms with E-state index in [1.165, 1.54) is 18.4 Å². The first kappa shape index (κ1) is 13.3. The van der Waals surface area contributed by atoms with Crippen LogP contribution in [0, 0.1) is 5.92 Å². The Labute approximate surface area is 120 Å². The van der Waals surface area contributed by atoms with Crippen LogP contribution in [0.1, 0.15) is 24.1 Å². The molecule has 1 unspecified atom stereocenters. The summed E-state index contributed by atoms with van der Waals surface area (Å²) in [4.78, 5) is 0. The summed E-state index contributed by atoms with van der Waals surface area (Å²) in [6.07, 6.45) is 6.78. The number of aryl methyl sites for hydroxylation is 1. The SMILES string of the molecule is Cn1cc(CC(CNC2CC2)Cc2ccccc2)nn1. The van der Waals surface area contributed by atoms with Crippen LogP contribution in [0.3, 0.4) is 0 Å². The van der Waals surface area contributed by atoms with Gasteiger partial charge >= 0.3 is 0 Å². The van der Waals surface area contributed by atoms with Crippen LogP contribution in [0.4, 0.5) is 0 Å². The average molecular weight is 270 g/mol. The first-order chi connectivity index (χ1) is 9.79. The van der Waals surface area contributed by atoms with Gasteiger partial charge in [-0.25, -0.2) is 0 Å². The molecule has 1 saturated carbocycles. The van der Waals surface area contributed by atoms with E-state index in [2.05, 4.69) is 46.0 Å². The van der Waals surface area contributed by atoms with E-state index in [9.17, 15) is 0 Å². The normalized spacial score (nSPS) is 16.2. The topological polar surface area (TPSA) is 42.7 Å². The van der Waals surface area contributed by atoms with E-state index in [-0.39, 0.29) is 0 Å². The quantitative estimate of drug-likeness (QED) is 0.836. The molecular weight excluding hydrogens is 248 g/mol. The molecule has 0 saturated heterocycles. The lowest BCUT2D eigenvalue weighted by atomic mass is 9.95. The third-order valence-corrected chi connectivity index (χ3v) is 3.79. The zero-order chi connectivity index (χ0) is 13.8. The smallest absolute Gasteiger partial charge is 0.0830 e. The van der Waals surface area contributed by atoms with Gasteiger partial charge in [-0.1, -0.05) is 35.5 Å². The van der Waals surface area contributed by atoms with Crippen molar-refractivity contribution in [1.82, 2.24) is 20.3 Å². The Morgan fingerprint density at radius 3 is 2.70 bits per heavy atom. The van der Waals surface area contributed by atoms with Crippen LogP contribution in [-0.4, -0.2) is 27.6 Å². The van der Waals surface area contributed by atoms with Crippen molar-refractivity contribution in [2.75, 3.05) is 6.54 Å². The van der Waals surface area contributed by atoms with Crippen molar-refractivity contribution in [1.29, 1.82) is 0 Å². The van der Waals surface area contributed by atoms with E-state index in [0.717, 1.165) is 31.1 Å². The Hall–Kier alpha value is -1.68. The summed E-state index contributed by atoms with van der Waals surface area (Å²) in [6, 6.07) is 11.5. The standard InChI is InChI=1S/C16H22N4/c1-20-12-16(18-19-20)10-14(11-17-15-7-8-15)9-13-5-3-2-4-6-13/h2-6,12,14-15,17H,7-11H2,1H3. The van der Waals surface area contributed by atoms with Gasteiger partial charge in [0.2, 0.25) is 0 Å². The molecule has 0 radical (unpaired) electrons. The van der Waals surface area contributed by atoms with Gasteiger partial charge in [0.05, 0.1) is 5.69 Å². The van der Waals surface area contributed by atoms with Gasteiger partial charge in [-0.2, -0.15) is 0 Å². The van der Waals surface area contributed by atoms with Gasteiger partial charge in [0.15, 0.2) is 0 Å². The van der Waals surface area contributed by atoms with Crippen LogP contribution in [0.5, 0.6) is 0 Å². The minimum Gasteiger partial charge on any atom is -0.314 e. The van der Waals surface area contributed by atoms with Crippen LogP contribution in [0.25, 0.3) is 0 Å². The van der Waals surface area contributed by atoms with Gasteiger partial charge in [-0.3, -0.25) is 4.68 Å². The predicted molar refractivity (Wildman–Crippen MR) is 79.4 cm³/mol. The summed E-state index contributed by atoms with van der Waals surface area (Å²) in [7, 11) is 1.92. The van der Waals surface area contributed by atoms with E-state index in [1.54, 1.807) is 4.68 Å². The van der Waals surface area contributed by atoms with Gasteiger partial charge in [0, 0.05) is 19.3 Å². The summed E-state index contributed by atoms with van der Waals surface area (Å²) in [5.41, 5.74) is 2.49. The maximum absolute atomic E-state index is 4.23. The molecule has 0 amide bonds. The number of benzene rings is 1. The second-order valence-corrected chi connectivity index (χ2v) is 5.83. The summed E-state index contributed by atoms with van der Waals surface area (Å²) in [5.74, 6) is 0.578. The molecule has 3 rings (SSSR count). The Morgan fingerprint density at radius 2 is 2.05 bits per heavy atom. The van der Waals surface area contributed by atoms with Crippen molar-refractivity contribution in [3.05, 3.63) is 47.8 Å². The van der Waals surface area contributed by atoms with Gasteiger partial charge in [-0.05, 0) is 43.7 Å². The van der Waals surface area contributed by atoms with Gasteiger partial charge in [0.25, 0.3) is 0 Å².